The van der Waals surface area contributed by atoms with E-state index in [1.807, 2.05) is 31.2 Å². The van der Waals surface area contributed by atoms with Crippen LogP contribution in [0.4, 0.5) is 9.18 Å². The Kier molecular flexibility index (Phi) is 6.88. The SMILES string of the molecule is COC(=O)OCOc1c2n(c(-c3cc(F)cc4c3Cc3ccccc3SC4)cc1=O)N[C@@H]1CO[C@@H](C)C[N+]1=C2O. The highest BCUT2D eigenvalue weighted by Crippen LogP contribution is 2.39. The standard InChI is InChI=1S/C28H26FN3O7S/c1-15-11-31-24(12-37-15)30-32-21(10-22(33)26(25(32)27(31)34)38-14-39-28(35)36-2)20-9-18(29)7-17-13-40-23-6-4-3-5-16(23)8-19(17)20/h3-7,9-10,15,24,30H,8,11-14H2,1-2H3/p+1/t15-,24-/m0/s1. The summed E-state index contributed by atoms with van der Waals surface area (Å²) in [6, 6.07) is 12.3. The number of pyridine rings is 1. The Hall–Kier alpha value is -4.03. The summed E-state index contributed by atoms with van der Waals surface area (Å²) in [6.07, 6.45) is -1.09. The minimum Gasteiger partial charge on any atom is -0.458 e. The van der Waals surface area contributed by atoms with E-state index in [1.54, 1.807) is 16.3 Å². The molecule has 6 rings (SSSR count). The van der Waals surface area contributed by atoms with Crippen molar-refractivity contribution in [3.8, 4) is 17.0 Å². The number of fused-ring (bicyclic) bond motifs is 4. The zero-order valence-electron chi connectivity index (χ0n) is 21.8. The molecule has 3 aromatic rings. The lowest BCUT2D eigenvalue weighted by molar-refractivity contribution is -0.598. The molecule has 2 atom stereocenters. The van der Waals surface area contributed by atoms with Crippen LogP contribution in [-0.4, -0.2) is 65.7 Å². The number of hydrogen-bond acceptors (Lipinski definition) is 8. The van der Waals surface area contributed by atoms with E-state index in [9.17, 15) is 14.7 Å². The van der Waals surface area contributed by atoms with E-state index in [-0.39, 0.29) is 30.1 Å². The number of aromatic nitrogens is 1. The molecule has 0 amide bonds. The summed E-state index contributed by atoms with van der Waals surface area (Å²) in [4.78, 5) is 26.1. The van der Waals surface area contributed by atoms with Gasteiger partial charge < -0.3 is 24.1 Å². The second-order valence-corrected chi connectivity index (χ2v) is 10.7. The number of ether oxygens (including phenoxy) is 4. The summed E-state index contributed by atoms with van der Waals surface area (Å²) in [5.41, 5.74) is 6.44. The van der Waals surface area contributed by atoms with E-state index >= 15 is 4.39 Å². The van der Waals surface area contributed by atoms with Crippen LogP contribution in [0, 0.1) is 5.82 Å². The van der Waals surface area contributed by atoms with Crippen LogP contribution in [0.2, 0.25) is 0 Å². The van der Waals surface area contributed by atoms with Gasteiger partial charge in [0.1, 0.15) is 18.5 Å². The van der Waals surface area contributed by atoms with Gasteiger partial charge in [0.15, 0.2) is 6.54 Å². The smallest absolute Gasteiger partial charge is 0.458 e. The Morgan fingerprint density at radius 1 is 1.27 bits per heavy atom. The number of thioether (sulfide) groups is 1. The minimum absolute atomic E-state index is 0.0303. The predicted octanol–water partition coefficient (Wildman–Crippen LogP) is 3.59. The number of carbonyl (C=O) groups excluding carboxylic acids is 1. The molecule has 0 bridgehead atoms. The molecular formula is C28H27FN3O7S+. The number of benzene rings is 2. The van der Waals surface area contributed by atoms with Crippen LogP contribution < -0.4 is 15.6 Å². The van der Waals surface area contributed by atoms with Crippen molar-refractivity contribution >= 4 is 23.8 Å². The molecule has 2 aromatic carbocycles. The van der Waals surface area contributed by atoms with Gasteiger partial charge in [0.2, 0.25) is 23.7 Å². The van der Waals surface area contributed by atoms with Crippen LogP contribution in [0.15, 0.2) is 52.2 Å². The van der Waals surface area contributed by atoms with Gasteiger partial charge >= 0.3 is 12.1 Å². The molecule has 1 saturated heterocycles. The van der Waals surface area contributed by atoms with Crippen molar-refractivity contribution in [3.05, 3.63) is 80.9 Å². The summed E-state index contributed by atoms with van der Waals surface area (Å²) in [5, 5.41) is 11.5. The lowest BCUT2D eigenvalue weighted by Crippen LogP contribution is -2.56. The first-order valence-electron chi connectivity index (χ1n) is 12.7. The Balaban J connectivity index is 1.54. The van der Waals surface area contributed by atoms with Gasteiger partial charge in [-0.15, -0.1) is 11.8 Å². The molecule has 208 valence electrons. The number of methoxy groups -OCH3 is 1. The monoisotopic (exact) mass is 568 g/mol. The Bertz CT molecular complexity index is 1610. The van der Waals surface area contributed by atoms with Gasteiger partial charge in [-0.05, 0) is 48.2 Å². The number of aliphatic hydroxyl groups excluding tert-OH is 1. The van der Waals surface area contributed by atoms with E-state index < -0.39 is 30.4 Å². The number of aliphatic hydroxyl groups is 1. The third-order valence-corrected chi connectivity index (χ3v) is 8.32. The second kappa shape index (κ2) is 10.5. The minimum atomic E-state index is -0.986. The fraction of sp³-hybridized carbons (Fsp3) is 0.321. The van der Waals surface area contributed by atoms with E-state index in [0.29, 0.717) is 30.0 Å². The predicted molar refractivity (Wildman–Crippen MR) is 144 cm³/mol. The Morgan fingerprint density at radius 2 is 2.10 bits per heavy atom. The molecule has 40 heavy (non-hydrogen) atoms. The van der Waals surface area contributed by atoms with E-state index in [1.165, 1.54) is 22.9 Å². The maximum absolute atomic E-state index is 15.1. The molecular weight excluding hydrogens is 541 g/mol. The lowest BCUT2D eigenvalue weighted by atomic mass is 9.93. The van der Waals surface area contributed by atoms with Crippen LogP contribution >= 0.6 is 11.8 Å². The zero-order valence-corrected chi connectivity index (χ0v) is 22.6. The topological polar surface area (TPSA) is 111 Å². The normalized spacial score (nSPS) is 19.3. The number of rotatable bonds is 4. The average molecular weight is 569 g/mol. The number of hydrogen-bond donors (Lipinski definition) is 2. The van der Waals surface area contributed by atoms with Gasteiger partial charge in [-0.3, -0.25) is 10.2 Å². The molecule has 4 heterocycles. The maximum atomic E-state index is 15.1. The van der Waals surface area contributed by atoms with Gasteiger partial charge in [-0.25, -0.2) is 13.9 Å². The van der Waals surface area contributed by atoms with Crippen LogP contribution in [0.1, 0.15) is 29.3 Å². The summed E-state index contributed by atoms with van der Waals surface area (Å²) in [7, 11) is 1.15. The number of nitrogens with one attached hydrogen (secondary N) is 1. The van der Waals surface area contributed by atoms with Crippen molar-refractivity contribution in [2.45, 2.75) is 36.3 Å². The molecule has 2 N–H and O–H groups in total. The fourth-order valence-electron chi connectivity index (χ4n) is 5.29. The average Bonchev–Trinajstić information content (AvgIpc) is 3.13. The van der Waals surface area contributed by atoms with Gasteiger partial charge in [0.25, 0.3) is 6.17 Å². The lowest BCUT2D eigenvalue weighted by Gasteiger charge is -2.33. The van der Waals surface area contributed by atoms with Crippen molar-refractivity contribution in [3.63, 3.8) is 0 Å². The van der Waals surface area contributed by atoms with Crippen molar-refractivity contribution in [2.75, 3.05) is 32.5 Å². The Morgan fingerprint density at radius 3 is 2.92 bits per heavy atom. The highest BCUT2D eigenvalue weighted by atomic mass is 32.2. The van der Waals surface area contributed by atoms with Crippen molar-refractivity contribution in [1.82, 2.24) is 4.68 Å². The third kappa shape index (κ3) is 4.66. The summed E-state index contributed by atoms with van der Waals surface area (Å²) < 4.78 is 39.0. The molecule has 0 spiro atoms. The number of carbonyl (C=O) groups is 1. The Labute approximate surface area is 232 Å². The van der Waals surface area contributed by atoms with Gasteiger partial charge in [0, 0.05) is 22.3 Å². The maximum Gasteiger partial charge on any atom is 0.510 e. The molecule has 0 saturated carbocycles. The quantitative estimate of drug-likeness (QED) is 0.277. The van der Waals surface area contributed by atoms with Gasteiger partial charge in [-0.1, -0.05) is 18.2 Å². The zero-order chi connectivity index (χ0) is 28.0. The second-order valence-electron chi connectivity index (χ2n) is 9.70. The molecule has 0 radical (unpaired) electrons. The highest BCUT2D eigenvalue weighted by molar-refractivity contribution is 7.98. The summed E-state index contributed by atoms with van der Waals surface area (Å²) in [6.45, 7) is 1.86. The first-order valence-corrected chi connectivity index (χ1v) is 13.7. The first-order chi connectivity index (χ1) is 19.3. The highest BCUT2D eigenvalue weighted by Gasteiger charge is 2.42. The number of halogens is 1. The molecule has 10 nitrogen and oxygen atoms in total. The van der Waals surface area contributed by atoms with E-state index in [0.717, 1.165) is 28.7 Å². The van der Waals surface area contributed by atoms with Gasteiger partial charge in [-0.2, -0.15) is 4.58 Å². The number of nitrogens with zero attached hydrogens (tertiary/aromatic N) is 2. The molecule has 0 unspecified atom stereocenters. The van der Waals surface area contributed by atoms with Crippen LogP contribution in [0.3, 0.4) is 0 Å². The molecule has 3 aliphatic heterocycles. The molecule has 12 heteroatoms. The largest absolute Gasteiger partial charge is 0.510 e. The third-order valence-electron chi connectivity index (χ3n) is 7.15. The molecule has 1 fully saturated rings. The van der Waals surface area contributed by atoms with E-state index in [2.05, 4.69) is 10.2 Å². The summed E-state index contributed by atoms with van der Waals surface area (Å²) >= 11 is 1.64. The van der Waals surface area contributed by atoms with Crippen molar-refractivity contribution in [2.24, 2.45) is 0 Å². The molecule has 3 aliphatic rings. The van der Waals surface area contributed by atoms with Gasteiger partial charge in [0.05, 0.1) is 12.8 Å². The van der Waals surface area contributed by atoms with Crippen molar-refractivity contribution < 1.29 is 37.8 Å². The van der Waals surface area contributed by atoms with Crippen molar-refractivity contribution in [1.29, 1.82) is 0 Å². The van der Waals surface area contributed by atoms with Crippen LogP contribution in [-0.2, 0) is 26.4 Å². The summed E-state index contributed by atoms with van der Waals surface area (Å²) in [5.74, 6) is -0.324. The molecule has 1 aromatic heterocycles. The van der Waals surface area contributed by atoms with Crippen LogP contribution in [0.5, 0.6) is 5.75 Å². The fourth-order valence-corrected chi connectivity index (χ4v) is 6.36. The van der Waals surface area contributed by atoms with E-state index in [4.69, 9.17) is 14.2 Å². The first kappa shape index (κ1) is 26.2. The molecule has 0 aliphatic carbocycles. The van der Waals surface area contributed by atoms with Crippen LogP contribution in [0.25, 0.3) is 11.3 Å². The number of morpholine rings is 1.